The highest BCUT2D eigenvalue weighted by molar-refractivity contribution is 5.79. The first kappa shape index (κ1) is 10.2. The topological polar surface area (TPSA) is 53.8 Å². The molecule has 0 bridgehead atoms. The number of hydrogen-bond acceptors (Lipinski definition) is 2. The molecule has 0 saturated carbocycles. The third-order valence-corrected chi connectivity index (χ3v) is 2.63. The molecule has 3 nitrogen and oxygen atoms in total. The average Bonchev–Trinajstić information content (AvgIpc) is 2.72. The zero-order valence-corrected chi connectivity index (χ0v) is 8.96. The zero-order chi connectivity index (χ0) is 10.7. The summed E-state index contributed by atoms with van der Waals surface area (Å²) in [5.74, 6) is 0. The number of nitrogens with one attached hydrogen (secondary N) is 2. The van der Waals surface area contributed by atoms with Crippen molar-refractivity contribution in [3.8, 4) is 0 Å². The molecule has 0 radical (unpaired) electrons. The van der Waals surface area contributed by atoms with Gasteiger partial charge in [-0.1, -0.05) is 6.07 Å². The predicted octanol–water partition coefficient (Wildman–Crippen LogP) is 1.60. The molecule has 2 rings (SSSR count). The van der Waals surface area contributed by atoms with Crippen LogP contribution < -0.4 is 11.1 Å². The zero-order valence-electron chi connectivity index (χ0n) is 8.96. The van der Waals surface area contributed by atoms with Gasteiger partial charge in [0.2, 0.25) is 0 Å². The van der Waals surface area contributed by atoms with Crippen LogP contribution in [-0.2, 0) is 6.54 Å². The van der Waals surface area contributed by atoms with Crippen LogP contribution in [0.1, 0.15) is 12.5 Å². The number of aromatic amines is 1. The van der Waals surface area contributed by atoms with Crippen LogP contribution in [0.2, 0.25) is 0 Å². The van der Waals surface area contributed by atoms with E-state index in [1.807, 2.05) is 6.20 Å². The molecule has 0 spiro atoms. The van der Waals surface area contributed by atoms with Crippen molar-refractivity contribution in [1.82, 2.24) is 10.3 Å². The van der Waals surface area contributed by atoms with Gasteiger partial charge in [-0.3, -0.25) is 0 Å². The van der Waals surface area contributed by atoms with Crippen LogP contribution in [-0.4, -0.2) is 17.6 Å². The second-order valence-electron chi connectivity index (χ2n) is 3.92. The van der Waals surface area contributed by atoms with Gasteiger partial charge in [-0.2, -0.15) is 0 Å². The first-order valence-electron chi connectivity index (χ1n) is 5.29. The smallest absolute Gasteiger partial charge is 0.0454 e. The Hall–Kier alpha value is -1.32. The van der Waals surface area contributed by atoms with Crippen LogP contribution in [0, 0.1) is 0 Å². The second kappa shape index (κ2) is 4.47. The highest BCUT2D eigenvalue weighted by Crippen LogP contribution is 2.14. The first-order chi connectivity index (χ1) is 7.29. The van der Waals surface area contributed by atoms with Crippen molar-refractivity contribution < 1.29 is 0 Å². The summed E-state index contributed by atoms with van der Waals surface area (Å²) in [5.41, 5.74) is 8.02. The molecule has 1 aromatic carbocycles. The number of nitrogens with two attached hydrogens (primary N) is 1. The number of benzene rings is 1. The third kappa shape index (κ3) is 2.37. The molecule has 0 aliphatic rings. The molecule has 3 heteroatoms. The van der Waals surface area contributed by atoms with E-state index in [9.17, 15) is 0 Å². The van der Waals surface area contributed by atoms with E-state index in [0.717, 1.165) is 6.54 Å². The largest absolute Gasteiger partial charge is 0.361 e. The van der Waals surface area contributed by atoms with E-state index in [1.54, 1.807) is 0 Å². The summed E-state index contributed by atoms with van der Waals surface area (Å²) in [6.07, 6.45) is 1.96. The average molecular weight is 203 g/mol. The molecule has 0 fully saturated rings. The van der Waals surface area contributed by atoms with E-state index in [-0.39, 0.29) is 0 Å². The second-order valence-corrected chi connectivity index (χ2v) is 3.92. The summed E-state index contributed by atoms with van der Waals surface area (Å²) >= 11 is 0. The molecule has 0 aliphatic carbocycles. The summed E-state index contributed by atoms with van der Waals surface area (Å²) < 4.78 is 0. The molecule has 0 amide bonds. The van der Waals surface area contributed by atoms with Crippen LogP contribution >= 0.6 is 0 Å². The number of fused-ring (bicyclic) bond motifs is 1. The van der Waals surface area contributed by atoms with E-state index in [1.165, 1.54) is 16.5 Å². The number of H-pyrrole nitrogens is 1. The molecule has 1 aromatic heterocycles. The van der Waals surface area contributed by atoms with Crippen molar-refractivity contribution in [3.05, 3.63) is 36.0 Å². The Labute approximate surface area is 89.7 Å². The fourth-order valence-corrected chi connectivity index (χ4v) is 1.59. The lowest BCUT2D eigenvalue weighted by Crippen LogP contribution is -2.32. The fraction of sp³-hybridized carbons (Fsp3) is 0.333. The quantitative estimate of drug-likeness (QED) is 0.707. The highest BCUT2D eigenvalue weighted by atomic mass is 14.9. The van der Waals surface area contributed by atoms with Gasteiger partial charge >= 0.3 is 0 Å². The van der Waals surface area contributed by atoms with E-state index in [0.29, 0.717) is 12.6 Å². The number of hydrogen-bond donors (Lipinski definition) is 3. The van der Waals surface area contributed by atoms with E-state index in [2.05, 4.69) is 41.5 Å². The number of aromatic nitrogens is 1. The van der Waals surface area contributed by atoms with E-state index < -0.39 is 0 Å². The van der Waals surface area contributed by atoms with Gasteiger partial charge in [0.25, 0.3) is 0 Å². The lowest BCUT2D eigenvalue weighted by atomic mass is 10.1. The maximum atomic E-state index is 5.54. The number of rotatable bonds is 4. The van der Waals surface area contributed by atoms with Crippen LogP contribution in [0.25, 0.3) is 10.9 Å². The van der Waals surface area contributed by atoms with Crippen molar-refractivity contribution in [2.75, 3.05) is 6.54 Å². The van der Waals surface area contributed by atoms with Crippen LogP contribution in [0.4, 0.5) is 0 Å². The minimum Gasteiger partial charge on any atom is -0.361 e. The van der Waals surface area contributed by atoms with Gasteiger partial charge in [-0.05, 0) is 36.1 Å². The lowest BCUT2D eigenvalue weighted by molar-refractivity contribution is 0.556. The third-order valence-electron chi connectivity index (χ3n) is 2.63. The summed E-state index contributed by atoms with van der Waals surface area (Å²) in [4.78, 5) is 3.18. The van der Waals surface area contributed by atoms with Gasteiger partial charge in [0.15, 0.2) is 0 Å². The Morgan fingerprint density at radius 3 is 3.07 bits per heavy atom. The molecular weight excluding hydrogens is 186 g/mol. The Morgan fingerprint density at radius 2 is 2.27 bits per heavy atom. The molecule has 80 valence electrons. The van der Waals surface area contributed by atoms with Crippen LogP contribution in [0.5, 0.6) is 0 Å². The van der Waals surface area contributed by atoms with Crippen molar-refractivity contribution >= 4 is 10.9 Å². The van der Waals surface area contributed by atoms with Gasteiger partial charge in [0, 0.05) is 30.8 Å². The summed E-state index contributed by atoms with van der Waals surface area (Å²) in [6.45, 7) is 3.64. The monoisotopic (exact) mass is 203 g/mol. The maximum absolute atomic E-state index is 5.54. The Morgan fingerprint density at radius 1 is 1.40 bits per heavy atom. The lowest BCUT2D eigenvalue weighted by Gasteiger charge is -2.10. The van der Waals surface area contributed by atoms with Gasteiger partial charge in [-0.25, -0.2) is 0 Å². The molecule has 2 aromatic rings. The van der Waals surface area contributed by atoms with Crippen molar-refractivity contribution in [2.24, 2.45) is 5.73 Å². The van der Waals surface area contributed by atoms with Gasteiger partial charge in [0.05, 0.1) is 0 Å². The summed E-state index contributed by atoms with van der Waals surface area (Å²) in [5, 5.41) is 4.63. The van der Waals surface area contributed by atoms with Gasteiger partial charge in [-0.15, -0.1) is 0 Å². The molecule has 1 atom stereocenters. The Kier molecular flexibility index (Phi) is 3.04. The van der Waals surface area contributed by atoms with Gasteiger partial charge < -0.3 is 16.0 Å². The molecule has 15 heavy (non-hydrogen) atoms. The standard InChI is InChI=1S/C12H17N3/c1-9(7-13)15-8-10-2-3-12-11(6-10)4-5-14-12/h2-6,9,14-15H,7-8,13H2,1H3/t9-/m1/s1. The van der Waals surface area contributed by atoms with Crippen molar-refractivity contribution in [1.29, 1.82) is 0 Å². The van der Waals surface area contributed by atoms with Gasteiger partial charge in [0.1, 0.15) is 0 Å². The minimum absolute atomic E-state index is 0.368. The summed E-state index contributed by atoms with van der Waals surface area (Å²) in [7, 11) is 0. The van der Waals surface area contributed by atoms with Crippen LogP contribution in [0.3, 0.4) is 0 Å². The molecule has 4 N–H and O–H groups in total. The van der Waals surface area contributed by atoms with Crippen molar-refractivity contribution in [2.45, 2.75) is 19.5 Å². The minimum atomic E-state index is 0.368. The molecule has 1 heterocycles. The van der Waals surface area contributed by atoms with E-state index >= 15 is 0 Å². The normalized spacial score (nSPS) is 13.2. The van der Waals surface area contributed by atoms with E-state index in [4.69, 9.17) is 5.73 Å². The first-order valence-corrected chi connectivity index (χ1v) is 5.29. The molecule has 0 saturated heterocycles. The predicted molar refractivity (Wildman–Crippen MR) is 63.7 cm³/mol. The Balaban J connectivity index is 2.08. The SMILES string of the molecule is C[C@H](CN)NCc1ccc2[nH]ccc2c1. The molecule has 0 unspecified atom stereocenters. The molecular formula is C12H17N3. The Bertz CT molecular complexity index is 433. The van der Waals surface area contributed by atoms with Crippen molar-refractivity contribution in [3.63, 3.8) is 0 Å². The summed E-state index contributed by atoms with van der Waals surface area (Å²) in [6, 6.07) is 8.90. The fourth-order valence-electron chi connectivity index (χ4n) is 1.59. The highest BCUT2D eigenvalue weighted by Gasteiger charge is 2.00. The molecule has 0 aliphatic heterocycles. The maximum Gasteiger partial charge on any atom is 0.0454 e. The van der Waals surface area contributed by atoms with Crippen LogP contribution in [0.15, 0.2) is 30.5 Å².